The summed E-state index contributed by atoms with van der Waals surface area (Å²) in [5.41, 5.74) is 27.7. The Labute approximate surface area is 521 Å². The predicted molar refractivity (Wildman–Crippen MR) is 386 cm³/mol. The van der Waals surface area contributed by atoms with Crippen LogP contribution in [-0.2, 0) is 10.3 Å². The third kappa shape index (κ3) is 21.3. The molecule has 2 aliphatic carbocycles. The van der Waals surface area contributed by atoms with Crippen LogP contribution in [0.4, 0.5) is 5.69 Å². The molecular formula is C81H93N5O. The highest BCUT2D eigenvalue weighted by atomic mass is 16.7. The SMILES string of the molecule is C/C=C\C=C/N.C=C/C=C\C.C=C/C=C\C.C=CC1=C(/C=C\N)c2cc3c(cc2C1(C)C)=C(/C=C\c1ccccc1/C=C/N)C/C(=C/N(C)OC)C=3Nc1ccc2ccccc2c1.CCCC.c1ccc2ccccc2c1.c1ccc2ccccc2c1. The molecule has 0 aromatic heterocycles. The highest BCUT2D eigenvalue weighted by Crippen LogP contribution is 2.46. The van der Waals surface area contributed by atoms with Gasteiger partial charge in [0.15, 0.2) is 0 Å². The summed E-state index contributed by atoms with van der Waals surface area (Å²) in [5.74, 6) is 0. The van der Waals surface area contributed by atoms with Crippen molar-refractivity contribution in [3.63, 3.8) is 0 Å². The van der Waals surface area contributed by atoms with Gasteiger partial charge in [0.05, 0.1) is 12.8 Å². The Bertz CT molecular complexity index is 3660. The smallest absolute Gasteiger partial charge is 0.0638 e. The highest BCUT2D eigenvalue weighted by molar-refractivity contribution is 5.92. The van der Waals surface area contributed by atoms with Gasteiger partial charge in [0.25, 0.3) is 0 Å². The molecule has 0 heterocycles. The second-order valence-corrected chi connectivity index (χ2v) is 20.6. The maximum atomic E-state index is 6.01. The van der Waals surface area contributed by atoms with E-state index in [4.69, 9.17) is 22.0 Å². The maximum absolute atomic E-state index is 6.01. The minimum Gasteiger partial charge on any atom is -0.405 e. The van der Waals surface area contributed by atoms with Gasteiger partial charge in [-0.05, 0) is 164 Å². The van der Waals surface area contributed by atoms with Crippen LogP contribution in [0.5, 0.6) is 0 Å². The second kappa shape index (κ2) is 38.9. The molecule has 0 saturated heterocycles. The largest absolute Gasteiger partial charge is 0.405 e. The van der Waals surface area contributed by atoms with Gasteiger partial charge in [0, 0.05) is 36.0 Å². The van der Waals surface area contributed by atoms with Crippen LogP contribution >= 0.6 is 0 Å². The number of rotatable bonds is 13. The van der Waals surface area contributed by atoms with Crippen molar-refractivity contribution < 1.29 is 4.84 Å². The number of anilines is 1. The lowest BCUT2D eigenvalue weighted by molar-refractivity contribution is -0.0650. The molecule has 87 heavy (non-hydrogen) atoms. The number of hydroxylamine groups is 2. The number of unbranched alkanes of at least 4 members (excludes halogenated alkanes) is 1. The fourth-order valence-corrected chi connectivity index (χ4v) is 9.55. The van der Waals surface area contributed by atoms with Crippen molar-refractivity contribution >= 4 is 67.0 Å². The average Bonchev–Trinajstić information content (AvgIpc) is 1.66. The molecule has 0 amide bonds. The number of nitrogens with zero attached hydrogens (tertiary/aromatic N) is 1. The first-order chi connectivity index (χ1) is 42.4. The van der Waals surface area contributed by atoms with Crippen LogP contribution in [0.3, 0.4) is 0 Å². The van der Waals surface area contributed by atoms with E-state index in [1.807, 2.05) is 88.6 Å². The van der Waals surface area contributed by atoms with E-state index in [1.54, 1.807) is 42.8 Å². The molecule has 0 atom stereocenters. The van der Waals surface area contributed by atoms with Gasteiger partial charge in [0.1, 0.15) is 0 Å². The Balaban J connectivity index is 0.000000321. The topological polar surface area (TPSA) is 103 Å². The molecule has 0 bridgehead atoms. The maximum Gasteiger partial charge on any atom is 0.0638 e. The molecule has 7 N–H and O–H groups in total. The Morgan fingerprint density at radius 1 is 0.529 bits per heavy atom. The fraction of sp³-hybridized carbons (Fsp3) is 0.160. The Hall–Kier alpha value is -9.88. The quantitative estimate of drug-likeness (QED) is 0.0678. The first kappa shape index (κ1) is 69.6. The van der Waals surface area contributed by atoms with Crippen molar-refractivity contribution in [2.75, 3.05) is 19.5 Å². The minimum atomic E-state index is -0.243. The molecule has 0 fully saturated rings. The summed E-state index contributed by atoms with van der Waals surface area (Å²) in [4.78, 5) is 5.61. The molecule has 0 spiro atoms. The van der Waals surface area contributed by atoms with E-state index >= 15 is 0 Å². The molecular weight excluding hydrogens is 1060 g/mol. The van der Waals surface area contributed by atoms with Gasteiger partial charge in [-0.1, -0.05) is 279 Å². The van der Waals surface area contributed by atoms with Crippen LogP contribution in [0, 0.1) is 0 Å². The molecule has 448 valence electrons. The van der Waals surface area contributed by atoms with Crippen LogP contribution in [0.25, 0.3) is 61.3 Å². The van der Waals surface area contributed by atoms with Crippen LogP contribution in [0.1, 0.15) is 90.0 Å². The number of allylic oxidation sites excluding steroid dienone is 14. The normalized spacial score (nSPS) is 13.4. The summed E-state index contributed by atoms with van der Waals surface area (Å²) < 4.78 is 0. The van der Waals surface area contributed by atoms with Crippen molar-refractivity contribution in [1.29, 1.82) is 0 Å². The first-order valence-electron chi connectivity index (χ1n) is 29.8. The lowest BCUT2D eigenvalue weighted by Gasteiger charge is -2.26. The van der Waals surface area contributed by atoms with Crippen LogP contribution in [-0.4, -0.2) is 19.2 Å². The van der Waals surface area contributed by atoms with Crippen LogP contribution < -0.4 is 33.0 Å². The van der Waals surface area contributed by atoms with E-state index in [-0.39, 0.29) is 5.41 Å². The van der Waals surface area contributed by atoms with Gasteiger partial charge in [-0.3, -0.25) is 9.90 Å². The van der Waals surface area contributed by atoms with Gasteiger partial charge in [0.2, 0.25) is 0 Å². The molecule has 6 nitrogen and oxygen atoms in total. The van der Waals surface area contributed by atoms with Crippen LogP contribution in [0.2, 0.25) is 0 Å². The standard InChI is InChI=1S/C42H42N4O.2C10H8.C5H9N.2C5H8.C4H10/c1-6-39-35(20-22-44)37-25-38-36(26-40(37)42(39,2)3)32(16-15-28-11-7-8-13-30(28)19-21-43)23-33(27-46(4)47-5)41(38)45-34-18-17-29-12-9-10-14-31(29)24-34;2*1-2-6-10-8-4-3-7-9(10)5-1;1-2-3-4-5-6;2*1-3-5-4-2;1-3-4-2/h6-22,24-27,45H,1,23,43-44H2,2-5H3;2*1-8H;2-5H,6H2,1H3;2*3-5H,1H2,2H3;3-4H2,1-2H3/b16-15-,21-19+,22-20-,33-27-;;;3-2-,5-4-;2*5-4-;. The third-order valence-electron chi connectivity index (χ3n) is 14.1. The molecule has 8 aromatic rings. The predicted octanol–water partition coefficient (Wildman–Crippen LogP) is 19.4. The molecule has 8 aromatic carbocycles. The van der Waals surface area contributed by atoms with E-state index in [1.165, 1.54) is 67.7 Å². The first-order valence-corrected chi connectivity index (χ1v) is 29.8. The Morgan fingerprint density at radius 2 is 0.989 bits per heavy atom. The minimum absolute atomic E-state index is 0.243. The van der Waals surface area contributed by atoms with Gasteiger partial charge in [-0.15, -0.1) is 0 Å². The van der Waals surface area contributed by atoms with Crippen molar-refractivity contribution in [2.24, 2.45) is 17.2 Å². The lowest BCUT2D eigenvalue weighted by Crippen LogP contribution is -2.37. The molecule has 0 unspecified atom stereocenters. The molecule has 10 rings (SSSR count). The zero-order valence-electron chi connectivity index (χ0n) is 53.0. The summed E-state index contributed by atoms with van der Waals surface area (Å²) in [5, 5.41) is 15.5. The zero-order chi connectivity index (χ0) is 63.2. The summed E-state index contributed by atoms with van der Waals surface area (Å²) in [6, 6.07) is 61.3. The van der Waals surface area contributed by atoms with E-state index < -0.39 is 0 Å². The van der Waals surface area contributed by atoms with E-state index in [9.17, 15) is 0 Å². The van der Waals surface area contributed by atoms with Crippen molar-refractivity contribution in [3.8, 4) is 0 Å². The zero-order valence-corrected chi connectivity index (χ0v) is 53.0. The lowest BCUT2D eigenvalue weighted by atomic mass is 9.80. The molecule has 0 radical (unpaired) electrons. The van der Waals surface area contributed by atoms with E-state index in [2.05, 4.69) is 241 Å². The second-order valence-electron chi connectivity index (χ2n) is 20.6. The number of nitrogens with one attached hydrogen (secondary N) is 1. The molecule has 2 aliphatic rings. The van der Waals surface area contributed by atoms with Crippen molar-refractivity contribution in [1.82, 2.24) is 5.06 Å². The number of hydrogen-bond donors (Lipinski definition) is 4. The number of fused-ring (bicyclic) bond motifs is 5. The monoisotopic (exact) mass is 1150 g/mol. The third-order valence-corrected chi connectivity index (χ3v) is 14.1. The number of benzene rings is 8. The van der Waals surface area contributed by atoms with E-state index in [0.29, 0.717) is 6.42 Å². The van der Waals surface area contributed by atoms with Crippen molar-refractivity contribution in [3.05, 3.63) is 337 Å². The van der Waals surface area contributed by atoms with Gasteiger partial charge in [-0.25, -0.2) is 0 Å². The Morgan fingerprint density at radius 3 is 1.39 bits per heavy atom. The van der Waals surface area contributed by atoms with Crippen LogP contribution in [0.15, 0.2) is 305 Å². The molecule has 0 saturated carbocycles. The molecule has 0 aliphatic heterocycles. The summed E-state index contributed by atoms with van der Waals surface area (Å²) in [6.45, 7) is 25.9. The number of hydrogen-bond acceptors (Lipinski definition) is 6. The number of nitrogens with two attached hydrogens (primary N) is 3. The van der Waals surface area contributed by atoms with Gasteiger partial charge < -0.3 is 22.5 Å². The van der Waals surface area contributed by atoms with Gasteiger partial charge in [-0.2, -0.15) is 0 Å². The Kier molecular flexibility index (Phi) is 31.1. The summed E-state index contributed by atoms with van der Waals surface area (Å²) >= 11 is 0. The summed E-state index contributed by atoms with van der Waals surface area (Å²) in [7, 11) is 3.59. The average molecular weight is 1150 g/mol. The van der Waals surface area contributed by atoms with Crippen molar-refractivity contribution in [2.45, 2.75) is 73.1 Å². The summed E-state index contributed by atoms with van der Waals surface area (Å²) in [6.07, 6.45) is 37.1. The van der Waals surface area contributed by atoms with E-state index in [0.717, 1.165) is 50.0 Å². The fourth-order valence-electron chi connectivity index (χ4n) is 9.55. The van der Waals surface area contributed by atoms with Gasteiger partial charge >= 0.3 is 0 Å². The molecule has 6 heteroatoms. The highest BCUT2D eigenvalue weighted by Gasteiger charge is 2.36.